The van der Waals surface area contributed by atoms with Crippen LogP contribution in [0.15, 0.2) is 66.1 Å². The molecule has 8 nitrogen and oxygen atoms in total. The summed E-state index contributed by atoms with van der Waals surface area (Å²) in [6.07, 6.45) is 5.18. The molecular weight excluding hydrogens is 412 g/mol. The lowest BCUT2D eigenvalue weighted by molar-refractivity contribution is 0.384. The molecule has 1 aliphatic rings. The highest BCUT2D eigenvalue weighted by molar-refractivity contribution is 7.89. The second-order valence-electron chi connectivity index (χ2n) is 7.62. The van der Waals surface area contributed by atoms with Crippen molar-refractivity contribution in [3.8, 4) is 11.1 Å². The molecule has 0 radical (unpaired) electrons. The number of nitrogens with one attached hydrogen (secondary N) is 1. The SMILES string of the molecule is Cc1ccc(S(=O)(=O)N2CCN(c3ncnc4ccc(-c5cn[nH]c5)cc34)CC2)cc1. The minimum absolute atomic E-state index is 0.337. The summed E-state index contributed by atoms with van der Waals surface area (Å²) in [5.41, 5.74) is 3.91. The van der Waals surface area contributed by atoms with Crippen LogP contribution in [-0.4, -0.2) is 59.1 Å². The number of rotatable bonds is 4. The van der Waals surface area contributed by atoms with Gasteiger partial charge in [0.15, 0.2) is 0 Å². The van der Waals surface area contributed by atoms with E-state index < -0.39 is 10.0 Å². The van der Waals surface area contributed by atoms with Gasteiger partial charge in [0.1, 0.15) is 12.1 Å². The third-order valence-electron chi connectivity index (χ3n) is 5.64. The van der Waals surface area contributed by atoms with E-state index in [4.69, 9.17) is 0 Å². The predicted molar refractivity (Wildman–Crippen MR) is 119 cm³/mol. The predicted octanol–water partition coefficient (Wildman–Crippen LogP) is 2.84. The minimum atomic E-state index is -3.50. The summed E-state index contributed by atoms with van der Waals surface area (Å²) in [6.45, 7) is 3.88. The smallest absolute Gasteiger partial charge is 0.243 e. The van der Waals surface area contributed by atoms with Gasteiger partial charge in [-0.15, -0.1) is 0 Å². The number of fused-ring (bicyclic) bond motifs is 1. The summed E-state index contributed by atoms with van der Waals surface area (Å²) >= 11 is 0. The average molecular weight is 435 g/mol. The Kier molecular flexibility index (Phi) is 4.91. The third-order valence-corrected chi connectivity index (χ3v) is 7.56. The fraction of sp³-hybridized carbons (Fsp3) is 0.227. The summed E-state index contributed by atoms with van der Waals surface area (Å²) in [5, 5.41) is 7.80. The molecular formula is C22H22N6O2S. The molecule has 2 aromatic carbocycles. The molecule has 0 unspecified atom stereocenters. The molecule has 0 saturated carbocycles. The van der Waals surface area contributed by atoms with Gasteiger partial charge >= 0.3 is 0 Å². The Labute approximate surface area is 180 Å². The van der Waals surface area contributed by atoms with Crippen molar-refractivity contribution >= 4 is 26.7 Å². The normalized spacial score (nSPS) is 15.5. The van der Waals surface area contributed by atoms with Crippen molar-refractivity contribution in [1.82, 2.24) is 24.5 Å². The first kappa shape index (κ1) is 19.7. The van der Waals surface area contributed by atoms with Crippen molar-refractivity contribution in [3.63, 3.8) is 0 Å². The fourth-order valence-corrected chi connectivity index (χ4v) is 5.31. The van der Waals surface area contributed by atoms with Gasteiger partial charge in [-0.3, -0.25) is 5.10 Å². The number of hydrogen-bond donors (Lipinski definition) is 1. The zero-order valence-electron chi connectivity index (χ0n) is 17.1. The van der Waals surface area contributed by atoms with Crippen LogP contribution in [0.5, 0.6) is 0 Å². The molecule has 1 saturated heterocycles. The van der Waals surface area contributed by atoms with Gasteiger partial charge in [-0.25, -0.2) is 18.4 Å². The van der Waals surface area contributed by atoms with Crippen LogP contribution in [0.4, 0.5) is 5.82 Å². The monoisotopic (exact) mass is 434 g/mol. The van der Waals surface area contributed by atoms with Gasteiger partial charge in [0.25, 0.3) is 0 Å². The van der Waals surface area contributed by atoms with Crippen molar-refractivity contribution in [2.75, 3.05) is 31.1 Å². The van der Waals surface area contributed by atoms with E-state index in [1.54, 1.807) is 29.0 Å². The molecule has 2 aromatic heterocycles. The van der Waals surface area contributed by atoms with Crippen molar-refractivity contribution < 1.29 is 8.42 Å². The van der Waals surface area contributed by atoms with E-state index in [0.29, 0.717) is 31.1 Å². The summed E-state index contributed by atoms with van der Waals surface area (Å²) in [6, 6.07) is 13.0. The maximum atomic E-state index is 13.0. The first-order valence-corrected chi connectivity index (χ1v) is 11.5. The average Bonchev–Trinajstić information content (AvgIpc) is 3.34. The number of nitrogens with zero attached hydrogens (tertiary/aromatic N) is 5. The second kappa shape index (κ2) is 7.75. The summed E-state index contributed by atoms with van der Waals surface area (Å²) in [5.74, 6) is 0.822. The van der Waals surface area contributed by atoms with Crippen LogP contribution in [0.25, 0.3) is 22.0 Å². The Morgan fingerprint density at radius 1 is 0.935 bits per heavy atom. The molecule has 9 heteroatoms. The molecule has 31 heavy (non-hydrogen) atoms. The van der Waals surface area contributed by atoms with Crippen LogP contribution in [0.2, 0.25) is 0 Å². The Morgan fingerprint density at radius 2 is 1.71 bits per heavy atom. The number of hydrogen-bond acceptors (Lipinski definition) is 6. The number of anilines is 1. The van der Waals surface area contributed by atoms with Crippen molar-refractivity contribution in [2.24, 2.45) is 0 Å². The molecule has 0 atom stereocenters. The molecule has 0 bridgehead atoms. The van der Waals surface area contributed by atoms with Crippen molar-refractivity contribution in [1.29, 1.82) is 0 Å². The standard InChI is InChI=1S/C22H22N6O2S/c1-16-2-5-19(6-3-16)31(29,30)28-10-8-27(9-11-28)22-20-12-17(18-13-25-26-14-18)4-7-21(20)23-15-24-22/h2-7,12-15H,8-11H2,1H3,(H,25,26). The van der Waals surface area contributed by atoms with E-state index in [1.807, 2.05) is 37.4 Å². The second-order valence-corrected chi connectivity index (χ2v) is 9.56. The topological polar surface area (TPSA) is 95.1 Å². The van der Waals surface area contributed by atoms with Gasteiger partial charge in [0.05, 0.1) is 16.6 Å². The first-order chi connectivity index (χ1) is 15.0. The lowest BCUT2D eigenvalue weighted by Gasteiger charge is -2.35. The number of piperazine rings is 1. The highest BCUT2D eigenvalue weighted by atomic mass is 32.2. The molecule has 1 fully saturated rings. The van der Waals surface area contributed by atoms with Crippen LogP contribution >= 0.6 is 0 Å². The third kappa shape index (κ3) is 3.66. The van der Waals surface area contributed by atoms with E-state index in [1.165, 1.54) is 0 Å². The van der Waals surface area contributed by atoms with Crippen LogP contribution < -0.4 is 4.90 Å². The van der Waals surface area contributed by atoms with Gasteiger partial charge in [-0.1, -0.05) is 23.8 Å². The minimum Gasteiger partial charge on any atom is -0.353 e. The summed E-state index contributed by atoms with van der Waals surface area (Å²) in [7, 11) is -3.50. The molecule has 4 aromatic rings. The lowest BCUT2D eigenvalue weighted by atomic mass is 10.1. The van der Waals surface area contributed by atoms with E-state index in [9.17, 15) is 8.42 Å². The van der Waals surface area contributed by atoms with Crippen molar-refractivity contribution in [3.05, 3.63) is 66.7 Å². The molecule has 5 rings (SSSR count). The number of aryl methyl sites for hydroxylation is 1. The zero-order valence-corrected chi connectivity index (χ0v) is 17.9. The maximum absolute atomic E-state index is 13.0. The lowest BCUT2D eigenvalue weighted by Crippen LogP contribution is -2.49. The van der Waals surface area contributed by atoms with Crippen LogP contribution in [-0.2, 0) is 10.0 Å². The number of aromatic amines is 1. The van der Waals surface area contributed by atoms with Crippen LogP contribution in [0, 0.1) is 6.92 Å². The Balaban J connectivity index is 1.40. The van der Waals surface area contributed by atoms with Gasteiger partial charge in [-0.2, -0.15) is 9.40 Å². The molecule has 1 aliphatic heterocycles. The van der Waals surface area contributed by atoms with Crippen molar-refractivity contribution in [2.45, 2.75) is 11.8 Å². The molecule has 158 valence electrons. The van der Waals surface area contributed by atoms with E-state index in [0.717, 1.165) is 33.4 Å². The van der Waals surface area contributed by atoms with Gasteiger partial charge < -0.3 is 4.90 Å². The fourth-order valence-electron chi connectivity index (χ4n) is 3.88. The molecule has 3 heterocycles. The zero-order chi connectivity index (χ0) is 21.4. The number of benzene rings is 2. The van der Waals surface area contributed by atoms with Gasteiger partial charge in [0.2, 0.25) is 10.0 Å². The van der Waals surface area contributed by atoms with Gasteiger partial charge in [-0.05, 0) is 36.8 Å². The van der Waals surface area contributed by atoms with E-state index in [-0.39, 0.29) is 0 Å². The highest BCUT2D eigenvalue weighted by Crippen LogP contribution is 2.29. The van der Waals surface area contributed by atoms with Crippen LogP contribution in [0.3, 0.4) is 0 Å². The number of aromatic nitrogens is 4. The number of H-pyrrole nitrogens is 1. The first-order valence-electron chi connectivity index (χ1n) is 10.1. The molecule has 0 spiro atoms. The van der Waals surface area contributed by atoms with Crippen LogP contribution in [0.1, 0.15) is 5.56 Å². The van der Waals surface area contributed by atoms with Gasteiger partial charge in [0, 0.05) is 43.3 Å². The van der Waals surface area contributed by atoms with E-state index >= 15 is 0 Å². The Morgan fingerprint density at radius 3 is 2.42 bits per heavy atom. The molecule has 0 aliphatic carbocycles. The molecule has 0 amide bonds. The maximum Gasteiger partial charge on any atom is 0.243 e. The number of sulfonamides is 1. The highest BCUT2D eigenvalue weighted by Gasteiger charge is 2.29. The summed E-state index contributed by atoms with van der Waals surface area (Å²) in [4.78, 5) is 11.4. The molecule has 1 N–H and O–H groups in total. The Hall–Kier alpha value is -3.30. The quantitative estimate of drug-likeness (QED) is 0.531. The van der Waals surface area contributed by atoms with E-state index in [2.05, 4.69) is 31.1 Å². The summed E-state index contributed by atoms with van der Waals surface area (Å²) < 4.78 is 27.6. The Bertz CT molecular complexity index is 1310. The largest absolute Gasteiger partial charge is 0.353 e.